The zero-order valence-electron chi connectivity index (χ0n) is 17.0. The number of aliphatic carboxylic acids is 1. The van der Waals surface area contributed by atoms with Crippen LogP contribution < -0.4 is 21.7 Å². The Hall–Kier alpha value is -2.28. The first-order valence-corrected chi connectivity index (χ1v) is 9.18. The van der Waals surface area contributed by atoms with Crippen molar-refractivity contribution >= 4 is 23.7 Å². The maximum atomic E-state index is 12.5. The van der Waals surface area contributed by atoms with Crippen LogP contribution in [0.3, 0.4) is 0 Å². The summed E-state index contributed by atoms with van der Waals surface area (Å²) in [5.74, 6) is -4.16. The van der Waals surface area contributed by atoms with Crippen molar-refractivity contribution in [3.63, 3.8) is 0 Å². The average Bonchev–Trinajstić information content (AvgIpc) is 2.61. The SMILES string of the molecule is CC(C)CC(NC(=O)C(NC(=O)C(NC(=O)C(N)CO)C(C)O)C(C)O)C(=O)O. The summed E-state index contributed by atoms with van der Waals surface area (Å²) in [5.41, 5.74) is 5.35. The van der Waals surface area contributed by atoms with Crippen LogP contribution in [0.1, 0.15) is 34.1 Å². The van der Waals surface area contributed by atoms with Gasteiger partial charge < -0.3 is 42.1 Å². The average molecular weight is 420 g/mol. The van der Waals surface area contributed by atoms with E-state index in [1.54, 1.807) is 13.8 Å². The number of nitrogens with one attached hydrogen (secondary N) is 3. The van der Waals surface area contributed by atoms with E-state index in [0.29, 0.717) is 0 Å². The van der Waals surface area contributed by atoms with Crippen molar-refractivity contribution in [3.05, 3.63) is 0 Å². The Morgan fingerprint density at radius 2 is 1.24 bits per heavy atom. The molecule has 0 aliphatic rings. The third kappa shape index (κ3) is 9.17. The van der Waals surface area contributed by atoms with Crippen LogP contribution in [0.25, 0.3) is 0 Å². The lowest BCUT2D eigenvalue weighted by Gasteiger charge is -2.27. The van der Waals surface area contributed by atoms with E-state index in [2.05, 4.69) is 16.0 Å². The normalized spacial score (nSPS) is 17.4. The molecule has 0 aromatic rings. The molecule has 0 aromatic heterocycles. The number of aliphatic hydroxyl groups excluding tert-OH is 3. The van der Waals surface area contributed by atoms with E-state index in [0.717, 1.165) is 0 Å². The molecule has 6 unspecified atom stereocenters. The molecule has 12 heteroatoms. The molecule has 0 rings (SSSR count). The number of hydrogen-bond acceptors (Lipinski definition) is 8. The molecule has 0 aliphatic heterocycles. The van der Waals surface area contributed by atoms with Gasteiger partial charge in [-0.15, -0.1) is 0 Å². The lowest BCUT2D eigenvalue weighted by molar-refractivity contribution is -0.143. The quantitative estimate of drug-likeness (QED) is 0.158. The first kappa shape index (κ1) is 26.7. The molecule has 0 spiro atoms. The van der Waals surface area contributed by atoms with Gasteiger partial charge in [0.2, 0.25) is 17.7 Å². The van der Waals surface area contributed by atoms with Gasteiger partial charge in [0.05, 0.1) is 18.8 Å². The molecule has 0 fully saturated rings. The van der Waals surface area contributed by atoms with Crippen molar-refractivity contribution in [2.45, 2.75) is 70.5 Å². The van der Waals surface area contributed by atoms with Gasteiger partial charge in [0.1, 0.15) is 24.2 Å². The predicted octanol–water partition coefficient (Wildman–Crippen LogP) is -3.35. The summed E-state index contributed by atoms with van der Waals surface area (Å²) in [4.78, 5) is 48.0. The molecule has 0 saturated carbocycles. The number of nitrogens with two attached hydrogens (primary N) is 1. The Kier molecular flexibility index (Phi) is 11.3. The molecule has 168 valence electrons. The first-order valence-electron chi connectivity index (χ1n) is 9.18. The lowest BCUT2D eigenvalue weighted by atomic mass is 10.0. The molecule has 0 saturated heterocycles. The maximum absolute atomic E-state index is 12.5. The third-order valence-corrected chi connectivity index (χ3v) is 3.98. The number of carbonyl (C=O) groups excluding carboxylic acids is 3. The number of aliphatic hydroxyl groups is 3. The first-order chi connectivity index (χ1) is 13.3. The highest BCUT2D eigenvalue weighted by Gasteiger charge is 2.34. The minimum absolute atomic E-state index is 0.0402. The lowest BCUT2D eigenvalue weighted by Crippen LogP contribution is -2.62. The Balaban J connectivity index is 5.32. The largest absolute Gasteiger partial charge is 0.480 e. The van der Waals surface area contributed by atoms with Gasteiger partial charge in [0, 0.05) is 0 Å². The van der Waals surface area contributed by atoms with Gasteiger partial charge >= 0.3 is 5.97 Å². The minimum Gasteiger partial charge on any atom is -0.480 e. The number of hydrogen-bond donors (Lipinski definition) is 8. The molecule has 29 heavy (non-hydrogen) atoms. The van der Waals surface area contributed by atoms with E-state index in [1.807, 2.05) is 0 Å². The summed E-state index contributed by atoms with van der Waals surface area (Å²) >= 11 is 0. The fourth-order valence-electron chi connectivity index (χ4n) is 2.35. The Bertz CT molecular complexity index is 582. The van der Waals surface area contributed by atoms with Crippen molar-refractivity contribution < 1.29 is 39.6 Å². The van der Waals surface area contributed by atoms with E-state index in [-0.39, 0.29) is 12.3 Å². The van der Waals surface area contributed by atoms with E-state index < -0.39 is 66.7 Å². The molecular weight excluding hydrogens is 388 g/mol. The summed E-state index contributed by atoms with van der Waals surface area (Å²) in [7, 11) is 0. The Morgan fingerprint density at radius 3 is 1.59 bits per heavy atom. The van der Waals surface area contributed by atoms with Crippen molar-refractivity contribution in [1.82, 2.24) is 16.0 Å². The fraction of sp³-hybridized carbons (Fsp3) is 0.765. The molecule has 0 aromatic carbocycles. The molecule has 9 N–H and O–H groups in total. The molecule has 0 radical (unpaired) electrons. The molecule has 12 nitrogen and oxygen atoms in total. The van der Waals surface area contributed by atoms with Gasteiger partial charge in [-0.25, -0.2) is 4.79 Å². The van der Waals surface area contributed by atoms with E-state index >= 15 is 0 Å². The Labute approximate surface area is 168 Å². The fourth-order valence-corrected chi connectivity index (χ4v) is 2.35. The second kappa shape index (κ2) is 12.3. The van der Waals surface area contributed by atoms with Crippen molar-refractivity contribution in [3.8, 4) is 0 Å². The number of carbonyl (C=O) groups is 4. The summed E-state index contributed by atoms with van der Waals surface area (Å²) < 4.78 is 0. The number of amides is 3. The number of rotatable bonds is 12. The van der Waals surface area contributed by atoms with Gasteiger partial charge in [-0.1, -0.05) is 13.8 Å². The molecule has 0 bridgehead atoms. The van der Waals surface area contributed by atoms with Crippen LogP contribution in [0.15, 0.2) is 0 Å². The van der Waals surface area contributed by atoms with Crippen molar-refractivity contribution in [1.29, 1.82) is 0 Å². The summed E-state index contributed by atoms with van der Waals surface area (Å²) in [6, 6.07) is -5.62. The maximum Gasteiger partial charge on any atom is 0.326 e. The predicted molar refractivity (Wildman–Crippen MR) is 101 cm³/mol. The van der Waals surface area contributed by atoms with E-state index in [4.69, 9.17) is 10.8 Å². The van der Waals surface area contributed by atoms with Crippen LogP contribution >= 0.6 is 0 Å². The van der Waals surface area contributed by atoms with Crippen molar-refractivity contribution in [2.75, 3.05) is 6.61 Å². The highest BCUT2D eigenvalue weighted by atomic mass is 16.4. The third-order valence-electron chi connectivity index (χ3n) is 3.98. The second-order valence-corrected chi connectivity index (χ2v) is 7.27. The summed E-state index contributed by atoms with van der Waals surface area (Å²) in [6.45, 7) is 5.26. The summed E-state index contributed by atoms with van der Waals surface area (Å²) in [5, 5.41) is 44.3. The topological polar surface area (TPSA) is 211 Å². The highest BCUT2D eigenvalue weighted by molar-refractivity contribution is 5.94. The molecule has 3 amide bonds. The molecule has 0 heterocycles. The van der Waals surface area contributed by atoms with Gasteiger partial charge in [-0.2, -0.15) is 0 Å². The van der Waals surface area contributed by atoms with Crippen molar-refractivity contribution in [2.24, 2.45) is 11.7 Å². The van der Waals surface area contributed by atoms with Crippen LogP contribution in [-0.4, -0.2) is 87.1 Å². The second-order valence-electron chi connectivity index (χ2n) is 7.27. The summed E-state index contributed by atoms with van der Waals surface area (Å²) in [6.07, 6.45) is -2.67. The van der Waals surface area contributed by atoms with Crippen LogP contribution in [0.5, 0.6) is 0 Å². The van der Waals surface area contributed by atoms with Gasteiger partial charge in [0.25, 0.3) is 0 Å². The van der Waals surface area contributed by atoms with Crippen LogP contribution in [0.2, 0.25) is 0 Å². The Morgan fingerprint density at radius 1 is 0.828 bits per heavy atom. The smallest absolute Gasteiger partial charge is 0.326 e. The number of carboxylic acids is 1. The van der Waals surface area contributed by atoms with E-state index in [1.165, 1.54) is 13.8 Å². The standard InChI is InChI=1S/C17H32N4O8/c1-7(2)5-11(17(28)29)19-15(26)12(8(3)23)21-16(27)13(9(4)24)20-14(25)10(18)6-22/h7-13,22-24H,5-6,18H2,1-4H3,(H,19,26)(H,20,25)(H,21,27)(H,28,29). The molecular formula is C17H32N4O8. The molecule has 0 aliphatic carbocycles. The monoisotopic (exact) mass is 420 g/mol. The van der Waals surface area contributed by atoms with Gasteiger partial charge in [-0.05, 0) is 26.2 Å². The molecule has 6 atom stereocenters. The highest BCUT2D eigenvalue weighted by Crippen LogP contribution is 2.06. The minimum atomic E-state index is -1.54. The van der Waals surface area contributed by atoms with Crippen LogP contribution in [0, 0.1) is 5.92 Å². The van der Waals surface area contributed by atoms with E-state index in [9.17, 15) is 34.5 Å². The zero-order valence-corrected chi connectivity index (χ0v) is 17.0. The van der Waals surface area contributed by atoms with Crippen LogP contribution in [0.4, 0.5) is 0 Å². The van der Waals surface area contributed by atoms with Gasteiger partial charge in [-0.3, -0.25) is 14.4 Å². The van der Waals surface area contributed by atoms with Crippen LogP contribution in [-0.2, 0) is 19.2 Å². The number of carboxylic acid groups (broad SMARTS) is 1. The van der Waals surface area contributed by atoms with Gasteiger partial charge in [0.15, 0.2) is 0 Å². The zero-order chi connectivity index (χ0) is 22.9.